The molecule has 26 heavy (non-hydrogen) atoms. The van der Waals surface area contributed by atoms with Gasteiger partial charge in [-0.25, -0.2) is 0 Å². The van der Waals surface area contributed by atoms with Gasteiger partial charge in [0, 0.05) is 0 Å². The molecule has 0 saturated carbocycles. The van der Waals surface area contributed by atoms with Crippen molar-refractivity contribution in [2.45, 2.75) is 98.8 Å². The van der Waals surface area contributed by atoms with E-state index in [0.717, 1.165) is 18.8 Å². The Morgan fingerprint density at radius 2 is 1.54 bits per heavy atom. The molecule has 0 aliphatic carbocycles. The first-order valence-corrected chi connectivity index (χ1v) is 10.8. The Bertz CT molecular complexity index is 442. The van der Waals surface area contributed by atoms with Crippen LogP contribution in [0.5, 0.6) is 5.75 Å². The Hall–Kier alpha value is -1.02. The summed E-state index contributed by atoms with van der Waals surface area (Å²) in [7, 11) is 0. The standard InChI is InChI=1S/C17H28O.C7H17N/c1-6-7-8-9-12-18-16-11-10-14(2)13-15(16)17(3,4)5;1-3-5-7-8-6-4-2/h10-11,13H,6-9,12H2,1-5H3;8H,3-7H2,1-2H3. The molecule has 1 aromatic carbocycles. The van der Waals surface area contributed by atoms with Gasteiger partial charge in [-0.15, -0.1) is 0 Å². The van der Waals surface area contributed by atoms with E-state index in [1.165, 1.54) is 62.7 Å². The van der Waals surface area contributed by atoms with Crippen molar-refractivity contribution in [3.05, 3.63) is 29.3 Å². The van der Waals surface area contributed by atoms with Gasteiger partial charge in [-0.05, 0) is 56.3 Å². The topological polar surface area (TPSA) is 21.3 Å². The summed E-state index contributed by atoms with van der Waals surface area (Å²) in [6.45, 7) is 18.7. The molecule has 0 aliphatic rings. The van der Waals surface area contributed by atoms with Crippen LogP contribution in [-0.4, -0.2) is 19.7 Å². The van der Waals surface area contributed by atoms with Gasteiger partial charge in [0.05, 0.1) is 6.61 Å². The number of hydrogen-bond donors (Lipinski definition) is 1. The van der Waals surface area contributed by atoms with E-state index in [4.69, 9.17) is 4.74 Å². The molecule has 0 fully saturated rings. The zero-order valence-electron chi connectivity index (χ0n) is 18.7. The number of hydrogen-bond acceptors (Lipinski definition) is 2. The fourth-order valence-electron chi connectivity index (χ4n) is 2.67. The molecule has 1 aromatic rings. The molecule has 152 valence electrons. The number of aryl methyl sites for hydroxylation is 1. The minimum atomic E-state index is 0.144. The van der Waals surface area contributed by atoms with Gasteiger partial charge in [0.25, 0.3) is 0 Å². The average Bonchev–Trinajstić information content (AvgIpc) is 2.59. The van der Waals surface area contributed by atoms with Crippen LogP contribution in [0, 0.1) is 6.92 Å². The van der Waals surface area contributed by atoms with E-state index in [1.807, 2.05) is 0 Å². The highest BCUT2D eigenvalue weighted by Gasteiger charge is 2.18. The second-order valence-corrected chi connectivity index (χ2v) is 8.26. The summed E-state index contributed by atoms with van der Waals surface area (Å²) in [5, 5.41) is 3.34. The van der Waals surface area contributed by atoms with Crippen molar-refractivity contribution in [2.24, 2.45) is 0 Å². The SMILES string of the molecule is CCCCCCOc1ccc(C)cc1C(C)(C)C.CCCCNCCC. The molecular formula is C24H45NO. The molecule has 1 rings (SSSR count). The van der Waals surface area contributed by atoms with Crippen molar-refractivity contribution in [1.82, 2.24) is 5.32 Å². The number of benzene rings is 1. The molecule has 1 N–H and O–H groups in total. The highest BCUT2D eigenvalue weighted by atomic mass is 16.5. The molecule has 0 radical (unpaired) electrons. The van der Waals surface area contributed by atoms with Crippen LogP contribution in [0.1, 0.15) is 97.6 Å². The zero-order valence-corrected chi connectivity index (χ0v) is 18.7. The Kier molecular flexibility index (Phi) is 14.5. The molecule has 0 aromatic heterocycles. The van der Waals surface area contributed by atoms with Crippen LogP contribution in [0.25, 0.3) is 0 Å². The summed E-state index contributed by atoms with van der Waals surface area (Å²) in [5.74, 6) is 1.06. The van der Waals surface area contributed by atoms with E-state index in [2.05, 4.69) is 72.0 Å². The average molecular weight is 364 g/mol. The third-order valence-corrected chi connectivity index (χ3v) is 4.33. The molecule has 0 bridgehead atoms. The fraction of sp³-hybridized carbons (Fsp3) is 0.750. The van der Waals surface area contributed by atoms with E-state index in [-0.39, 0.29) is 5.41 Å². The minimum Gasteiger partial charge on any atom is -0.493 e. The van der Waals surface area contributed by atoms with Gasteiger partial charge >= 0.3 is 0 Å². The molecular weight excluding hydrogens is 318 g/mol. The first-order valence-electron chi connectivity index (χ1n) is 10.8. The van der Waals surface area contributed by atoms with Crippen molar-refractivity contribution in [1.29, 1.82) is 0 Å². The highest BCUT2D eigenvalue weighted by molar-refractivity contribution is 5.41. The van der Waals surface area contributed by atoms with Gasteiger partial charge in [-0.2, -0.15) is 0 Å². The number of ether oxygens (including phenoxy) is 1. The maximum absolute atomic E-state index is 5.97. The third-order valence-electron chi connectivity index (χ3n) is 4.33. The lowest BCUT2D eigenvalue weighted by atomic mass is 9.85. The largest absolute Gasteiger partial charge is 0.493 e. The van der Waals surface area contributed by atoms with Crippen LogP contribution < -0.4 is 10.1 Å². The number of nitrogens with one attached hydrogen (secondary N) is 1. The summed E-state index contributed by atoms with van der Waals surface area (Å²) < 4.78 is 5.97. The van der Waals surface area contributed by atoms with Crippen LogP contribution in [0.15, 0.2) is 18.2 Å². The quantitative estimate of drug-likeness (QED) is 0.426. The van der Waals surface area contributed by atoms with Crippen LogP contribution in [-0.2, 0) is 5.41 Å². The molecule has 0 atom stereocenters. The molecule has 0 aliphatic heterocycles. The minimum absolute atomic E-state index is 0.144. The van der Waals surface area contributed by atoms with Crippen molar-refractivity contribution >= 4 is 0 Å². The second-order valence-electron chi connectivity index (χ2n) is 8.26. The molecule has 0 saturated heterocycles. The van der Waals surface area contributed by atoms with Crippen LogP contribution >= 0.6 is 0 Å². The highest BCUT2D eigenvalue weighted by Crippen LogP contribution is 2.32. The van der Waals surface area contributed by atoms with E-state index in [9.17, 15) is 0 Å². The zero-order chi connectivity index (χ0) is 19.8. The lowest BCUT2D eigenvalue weighted by Crippen LogP contribution is -2.15. The smallest absolute Gasteiger partial charge is 0.123 e. The van der Waals surface area contributed by atoms with E-state index in [0.29, 0.717) is 0 Å². The Balaban J connectivity index is 0.000000660. The van der Waals surface area contributed by atoms with Gasteiger partial charge in [0.1, 0.15) is 5.75 Å². The van der Waals surface area contributed by atoms with Gasteiger partial charge < -0.3 is 10.1 Å². The molecule has 2 nitrogen and oxygen atoms in total. The fourth-order valence-corrected chi connectivity index (χ4v) is 2.67. The maximum atomic E-state index is 5.97. The first kappa shape index (κ1) is 25.0. The number of unbranched alkanes of at least 4 members (excludes halogenated alkanes) is 4. The van der Waals surface area contributed by atoms with Crippen molar-refractivity contribution in [2.75, 3.05) is 19.7 Å². The summed E-state index contributed by atoms with van der Waals surface area (Å²) in [5.41, 5.74) is 2.77. The Labute approximate surface area is 164 Å². The van der Waals surface area contributed by atoms with Crippen LogP contribution in [0.3, 0.4) is 0 Å². The summed E-state index contributed by atoms with van der Waals surface area (Å²) >= 11 is 0. The monoisotopic (exact) mass is 363 g/mol. The van der Waals surface area contributed by atoms with E-state index in [1.54, 1.807) is 0 Å². The van der Waals surface area contributed by atoms with Crippen molar-refractivity contribution < 1.29 is 4.74 Å². The Morgan fingerprint density at radius 1 is 0.846 bits per heavy atom. The van der Waals surface area contributed by atoms with Crippen molar-refractivity contribution in [3.8, 4) is 5.75 Å². The van der Waals surface area contributed by atoms with Gasteiger partial charge in [0.15, 0.2) is 0 Å². The molecule has 0 unspecified atom stereocenters. The summed E-state index contributed by atoms with van der Waals surface area (Å²) in [6.07, 6.45) is 8.89. The van der Waals surface area contributed by atoms with Crippen molar-refractivity contribution in [3.63, 3.8) is 0 Å². The molecule has 0 spiro atoms. The first-order chi connectivity index (χ1) is 12.4. The predicted molar refractivity (Wildman–Crippen MR) is 118 cm³/mol. The summed E-state index contributed by atoms with van der Waals surface area (Å²) in [6, 6.07) is 6.51. The third kappa shape index (κ3) is 12.4. The maximum Gasteiger partial charge on any atom is 0.123 e. The molecule has 0 heterocycles. The van der Waals surface area contributed by atoms with E-state index < -0.39 is 0 Å². The Morgan fingerprint density at radius 3 is 2.12 bits per heavy atom. The predicted octanol–water partition coefficient (Wildman–Crippen LogP) is 7.04. The van der Waals surface area contributed by atoms with Gasteiger partial charge in [-0.3, -0.25) is 0 Å². The molecule has 0 amide bonds. The normalized spacial score (nSPS) is 11.0. The van der Waals surface area contributed by atoms with Gasteiger partial charge in [-0.1, -0.05) is 84.9 Å². The lowest BCUT2D eigenvalue weighted by Gasteiger charge is -2.23. The van der Waals surface area contributed by atoms with Crippen LogP contribution in [0.4, 0.5) is 0 Å². The van der Waals surface area contributed by atoms with Gasteiger partial charge in [0.2, 0.25) is 0 Å². The lowest BCUT2D eigenvalue weighted by molar-refractivity contribution is 0.297. The summed E-state index contributed by atoms with van der Waals surface area (Å²) in [4.78, 5) is 0. The second kappa shape index (κ2) is 15.1. The van der Waals surface area contributed by atoms with Crippen LogP contribution in [0.2, 0.25) is 0 Å². The van der Waals surface area contributed by atoms with E-state index >= 15 is 0 Å². The number of rotatable bonds is 11. The molecule has 2 heteroatoms.